The molecular formula is C20H19N5O3. The molecule has 4 aromatic rings. The lowest BCUT2D eigenvalue weighted by molar-refractivity contribution is 0.100. The molecule has 1 amide bonds. The van der Waals surface area contributed by atoms with Crippen LogP contribution in [0, 0.1) is 0 Å². The molecule has 0 spiro atoms. The molecule has 8 nitrogen and oxygen atoms in total. The second-order valence-electron chi connectivity index (χ2n) is 6.39. The summed E-state index contributed by atoms with van der Waals surface area (Å²) in [5.41, 5.74) is 10.2. The number of aliphatic hydroxyl groups is 1. The standard InChI is InChI=1S/C20H19N5O3/c1-25-17(20-22-14-8-7-13(19(21)27)9-15(14)23-20)18(28-2)16(24-25)12-5-3-11(10-26)4-6-12/h3-9,26H,10H2,1-2H3,(H2,21,27)(H,22,23). The van der Waals surface area contributed by atoms with Gasteiger partial charge in [0.2, 0.25) is 5.91 Å². The molecule has 0 unspecified atom stereocenters. The highest BCUT2D eigenvalue weighted by Crippen LogP contribution is 2.38. The number of nitrogens with one attached hydrogen (secondary N) is 1. The minimum atomic E-state index is -0.496. The van der Waals surface area contributed by atoms with Crippen LogP contribution in [-0.2, 0) is 13.7 Å². The number of rotatable bonds is 5. The number of hydrogen-bond donors (Lipinski definition) is 3. The molecule has 0 bridgehead atoms. The molecule has 2 aromatic carbocycles. The average molecular weight is 377 g/mol. The maximum atomic E-state index is 11.4. The van der Waals surface area contributed by atoms with E-state index in [9.17, 15) is 9.90 Å². The van der Waals surface area contributed by atoms with Crippen LogP contribution in [0.2, 0.25) is 0 Å². The molecule has 4 N–H and O–H groups in total. The predicted octanol–water partition coefficient (Wildman–Crippen LogP) is 2.23. The molecule has 0 aliphatic carbocycles. The van der Waals surface area contributed by atoms with Crippen LogP contribution in [0.1, 0.15) is 15.9 Å². The van der Waals surface area contributed by atoms with Crippen molar-refractivity contribution in [3.05, 3.63) is 53.6 Å². The van der Waals surface area contributed by atoms with Crippen molar-refractivity contribution in [2.45, 2.75) is 6.61 Å². The number of primary amides is 1. The third-order valence-corrected chi connectivity index (χ3v) is 4.61. The minimum Gasteiger partial charge on any atom is -0.492 e. The van der Waals surface area contributed by atoms with E-state index in [0.29, 0.717) is 39.6 Å². The van der Waals surface area contributed by atoms with Crippen LogP contribution < -0.4 is 10.5 Å². The van der Waals surface area contributed by atoms with E-state index < -0.39 is 5.91 Å². The van der Waals surface area contributed by atoms with Gasteiger partial charge in [-0.2, -0.15) is 5.10 Å². The number of nitrogens with two attached hydrogens (primary N) is 1. The number of carbonyl (C=O) groups is 1. The van der Waals surface area contributed by atoms with Crippen molar-refractivity contribution in [1.29, 1.82) is 0 Å². The van der Waals surface area contributed by atoms with Gasteiger partial charge in [-0.15, -0.1) is 0 Å². The van der Waals surface area contributed by atoms with E-state index in [2.05, 4.69) is 15.1 Å². The second kappa shape index (κ2) is 6.82. The van der Waals surface area contributed by atoms with Gasteiger partial charge < -0.3 is 20.6 Å². The number of aryl methyl sites for hydroxylation is 1. The van der Waals surface area contributed by atoms with Crippen LogP contribution in [0.4, 0.5) is 0 Å². The number of imidazole rings is 1. The Balaban J connectivity index is 1.84. The number of fused-ring (bicyclic) bond motifs is 1. The summed E-state index contributed by atoms with van der Waals surface area (Å²) >= 11 is 0. The second-order valence-corrected chi connectivity index (χ2v) is 6.39. The Morgan fingerprint density at radius 2 is 2.00 bits per heavy atom. The van der Waals surface area contributed by atoms with Crippen molar-refractivity contribution in [2.24, 2.45) is 12.8 Å². The van der Waals surface area contributed by atoms with Crippen LogP contribution in [0.5, 0.6) is 5.75 Å². The zero-order valence-corrected chi connectivity index (χ0v) is 15.4. The van der Waals surface area contributed by atoms with E-state index in [1.165, 1.54) is 0 Å². The van der Waals surface area contributed by atoms with E-state index >= 15 is 0 Å². The number of carbonyl (C=O) groups excluding carboxylic acids is 1. The first-order valence-corrected chi connectivity index (χ1v) is 8.63. The van der Waals surface area contributed by atoms with Gasteiger partial charge in [0.05, 0.1) is 24.8 Å². The fourth-order valence-corrected chi connectivity index (χ4v) is 3.19. The Hall–Kier alpha value is -3.65. The Kier molecular flexibility index (Phi) is 4.32. The van der Waals surface area contributed by atoms with E-state index in [-0.39, 0.29) is 6.61 Å². The van der Waals surface area contributed by atoms with Crippen molar-refractivity contribution in [3.63, 3.8) is 0 Å². The molecule has 0 saturated carbocycles. The number of nitrogens with zero attached hydrogens (tertiary/aromatic N) is 3. The van der Waals surface area contributed by atoms with Gasteiger partial charge in [0.1, 0.15) is 11.4 Å². The minimum absolute atomic E-state index is 0.0167. The number of aromatic nitrogens is 4. The number of amides is 1. The van der Waals surface area contributed by atoms with Crippen LogP contribution in [-0.4, -0.2) is 37.9 Å². The number of methoxy groups -OCH3 is 1. The van der Waals surface area contributed by atoms with Gasteiger partial charge in [-0.25, -0.2) is 4.98 Å². The molecule has 0 aliphatic rings. The fraction of sp³-hybridized carbons (Fsp3) is 0.150. The summed E-state index contributed by atoms with van der Waals surface area (Å²) in [6.45, 7) is -0.0167. The average Bonchev–Trinajstić information content (AvgIpc) is 3.27. The lowest BCUT2D eigenvalue weighted by Gasteiger charge is -2.04. The molecule has 4 rings (SSSR count). The summed E-state index contributed by atoms with van der Waals surface area (Å²) in [5.74, 6) is 0.653. The van der Waals surface area contributed by atoms with Crippen LogP contribution in [0.15, 0.2) is 42.5 Å². The van der Waals surface area contributed by atoms with Crippen LogP contribution >= 0.6 is 0 Å². The lowest BCUT2D eigenvalue weighted by atomic mass is 10.1. The van der Waals surface area contributed by atoms with Crippen molar-refractivity contribution in [2.75, 3.05) is 7.11 Å². The molecule has 2 aromatic heterocycles. The Morgan fingerprint density at radius 1 is 1.25 bits per heavy atom. The van der Waals surface area contributed by atoms with E-state index in [1.807, 2.05) is 31.3 Å². The fourth-order valence-electron chi connectivity index (χ4n) is 3.19. The Bertz CT molecular complexity index is 1170. The third kappa shape index (κ3) is 2.89. The Morgan fingerprint density at radius 3 is 2.64 bits per heavy atom. The molecule has 8 heteroatoms. The molecule has 28 heavy (non-hydrogen) atoms. The first-order chi connectivity index (χ1) is 13.5. The zero-order valence-electron chi connectivity index (χ0n) is 15.4. The number of hydrogen-bond acceptors (Lipinski definition) is 5. The van der Waals surface area contributed by atoms with Gasteiger partial charge >= 0.3 is 0 Å². The van der Waals surface area contributed by atoms with Gasteiger partial charge in [-0.1, -0.05) is 24.3 Å². The third-order valence-electron chi connectivity index (χ3n) is 4.61. The van der Waals surface area contributed by atoms with Gasteiger partial charge in [0.25, 0.3) is 0 Å². The number of aromatic amines is 1. The van der Waals surface area contributed by atoms with Crippen molar-refractivity contribution in [1.82, 2.24) is 19.7 Å². The predicted molar refractivity (Wildman–Crippen MR) is 105 cm³/mol. The highest BCUT2D eigenvalue weighted by Gasteiger charge is 2.22. The summed E-state index contributed by atoms with van der Waals surface area (Å²) in [6, 6.07) is 12.5. The smallest absolute Gasteiger partial charge is 0.248 e. The number of benzene rings is 2. The van der Waals surface area contributed by atoms with Gasteiger partial charge in [0.15, 0.2) is 11.6 Å². The first-order valence-electron chi connectivity index (χ1n) is 8.63. The summed E-state index contributed by atoms with van der Waals surface area (Å²) in [7, 11) is 3.39. The Labute approximate surface area is 160 Å². The van der Waals surface area contributed by atoms with Gasteiger partial charge in [-0.3, -0.25) is 9.48 Å². The highest BCUT2D eigenvalue weighted by atomic mass is 16.5. The van der Waals surface area contributed by atoms with Crippen molar-refractivity contribution < 1.29 is 14.6 Å². The summed E-state index contributed by atoms with van der Waals surface area (Å²) in [6.07, 6.45) is 0. The number of H-pyrrole nitrogens is 1. The maximum absolute atomic E-state index is 11.4. The highest BCUT2D eigenvalue weighted by molar-refractivity contribution is 5.96. The van der Waals surface area contributed by atoms with E-state index in [1.54, 1.807) is 30.0 Å². The normalized spacial score (nSPS) is 11.1. The molecule has 0 aliphatic heterocycles. The maximum Gasteiger partial charge on any atom is 0.248 e. The summed E-state index contributed by atoms with van der Waals surface area (Å²) < 4.78 is 7.35. The quantitative estimate of drug-likeness (QED) is 0.493. The first kappa shape index (κ1) is 17.7. The zero-order chi connectivity index (χ0) is 19.8. The lowest BCUT2D eigenvalue weighted by Crippen LogP contribution is -2.10. The summed E-state index contributed by atoms with van der Waals surface area (Å²) in [4.78, 5) is 19.2. The molecular weight excluding hydrogens is 358 g/mol. The molecule has 0 saturated heterocycles. The molecule has 2 heterocycles. The SMILES string of the molecule is COc1c(-c2ccc(CO)cc2)nn(C)c1-c1nc2ccc(C(N)=O)cc2[nH]1. The number of aliphatic hydroxyl groups excluding tert-OH is 1. The van der Waals surface area contributed by atoms with Crippen LogP contribution in [0.25, 0.3) is 33.8 Å². The summed E-state index contributed by atoms with van der Waals surface area (Å²) in [5, 5.41) is 13.8. The van der Waals surface area contributed by atoms with Crippen molar-refractivity contribution in [3.8, 4) is 28.5 Å². The molecule has 0 fully saturated rings. The van der Waals surface area contributed by atoms with Gasteiger partial charge in [-0.05, 0) is 23.8 Å². The van der Waals surface area contributed by atoms with E-state index in [0.717, 1.165) is 11.1 Å². The molecule has 0 radical (unpaired) electrons. The largest absolute Gasteiger partial charge is 0.492 e. The van der Waals surface area contributed by atoms with Crippen molar-refractivity contribution >= 4 is 16.9 Å². The molecule has 142 valence electrons. The molecule has 0 atom stereocenters. The number of ether oxygens (including phenoxy) is 1. The monoisotopic (exact) mass is 377 g/mol. The topological polar surface area (TPSA) is 119 Å². The van der Waals surface area contributed by atoms with Gasteiger partial charge in [0, 0.05) is 18.2 Å². The van der Waals surface area contributed by atoms with E-state index in [4.69, 9.17) is 10.5 Å². The van der Waals surface area contributed by atoms with Crippen LogP contribution in [0.3, 0.4) is 0 Å².